The molecule has 3 rings (SSSR count). The van der Waals surface area contributed by atoms with E-state index >= 15 is 0 Å². The summed E-state index contributed by atoms with van der Waals surface area (Å²) in [5.74, 6) is -1.53. The highest BCUT2D eigenvalue weighted by Crippen LogP contribution is 2.42. The Morgan fingerprint density at radius 3 is 2.47 bits per heavy atom. The smallest absolute Gasteiger partial charge is 0.295 e. The number of amides is 1. The number of aliphatic hydroxyl groups is 1. The summed E-state index contributed by atoms with van der Waals surface area (Å²) >= 11 is 0. The number of likely N-dealkylation sites (tertiary alicyclic amines) is 1. The van der Waals surface area contributed by atoms with Crippen LogP contribution >= 0.6 is 0 Å². The van der Waals surface area contributed by atoms with Crippen molar-refractivity contribution in [3.05, 3.63) is 75.3 Å². The van der Waals surface area contributed by atoms with Gasteiger partial charge in [-0.25, -0.2) is 0 Å². The van der Waals surface area contributed by atoms with Gasteiger partial charge in [0.25, 0.3) is 17.4 Å². The van der Waals surface area contributed by atoms with E-state index < -0.39 is 28.4 Å². The number of ether oxygens (including phenoxy) is 2. The van der Waals surface area contributed by atoms with E-state index in [2.05, 4.69) is 0 Å². The molecule has 1 N–H and O–H groups in total. The minimum Gasteiger partial charge on any atom is -0.507 e. The van der Waals surface area contributed by atoms with Crippen LogP contribution < -0.4 is 4.74 Å². The van der Waals surface area contributed by atoms with Crippen LogP contribution in [0.5, 0.6) is 5.75 Å². The molecule has 0 spiro atoms. The van der Waals surface area contributed by atoms with E-state index in [0.29, 0.717) is 30.9 Å². The van der Waals surface area contributed by atoms with Crippen molar-refractivity contribution in [3.63, 3.8) is 0 Å². The Kier molecular flexibility index (Phi) is 7.21. The number of methoxy groups -OCH3 is 1. The second-order valence-corrected chi connectivity index (χ2v) is 7.11. The van der Waals surface area contributed by atoms with E-state index in [4.69, 9.17) is 9.47 Å². The summed E-state index contributed by atoms with van der Waals surface area (Å²) in [6.07, 6.45) is 0.420. The van der Waals surface area contributed by atoms with Crippen LogP contribution in [0.2, 0.25) is 0 Å². The standard InChI is InChI=1S/C23H24N2O7/c1-3-32-16-11-9-15(10-12-16)21(26)19-20(17-7-4-5-8-18(17)25(29)30)24(13-6-14-31-2)23(28)22(19)27/h4-5,7-12,20,26H,3,6,13-14H2,1-2H3/b21-19+. The number of nitro benzene ring substituents is 1. The summed E-state index contributed by atoms with van der Waals surface area (Å²) < 4.78 is 10.4. The molecular formula is C23H24N2O7. The molecule has 0 aliphatic carbocycles. The van der Waals surface area contributed by atoms with Crippen LogP contribution in [0.4, 0.5) is 5.69 Å². The predicted octanol–water partition coefficient (Wildman–Crippen LogP) is 3.45. The first kappa shape index (κ1) is 23.0. The van der Waals surface area contributed by atoms with Crippen LogP contribution in [0.1, 0.15) is 30.5 Å². The van der Waals surface area contributed by atoms with Gasteiger partial charge in [-0.05, 0) is 43.7 Å². The van der Waals surface area contributed by atoms with Crippen molar-refractivity contribution in [3.8, 4) is 5.75 Å². The molecule has 1 amide bonds. The first-order valence-corrected chi connectivity index (χ1v) is 10.1. The van der Waals surface area contributed by atoms with E-state index in [9.17, 15) is 24.8 Å². The average Bonchev–Trinajstić information content (AvgIpc) is 3.04. The monoisotopic (exact) mass is 440 g/mol. The Morgan fingerprint density at radius 1 is 1.16 bits per heavy atom. The molecule has 2 aromatic rings. The lowest BCUT2D eigenvalue weighted by molar-refractivity contribution is -0.385. The van der Waals surface area contributed by atoms with Gasteiger partial charge < -0.3 is 19.5 Å². The van der Waals surface area contributed by atoms with Gasteiger partial charge in [-0.15, -0.1) is 0 Å². The van der Waals surface area contributed by atoms with Crippen molar-refractivity contribution >= 4 is 23.1 Å². The summed E-state index contributed by atoms with van der Waals surface area (Å²) in [4.78, 5) is 38.2. The molecule has 0 saturated carbocycles. The number of aliphatic hydroxyl groups excluding tert-OH is 1. The van der Waals surface area contributed by atoms with Crippen LogP contribution in [0, 0.1) is 10.1 Å². The fourth-order valence-electron chi connectivity index (χ4n) is 3.73. The molecule has 168 valence electrons. The number of carbonyl (C=O) groups is 2. The van der Waals surface area contributed by atoms with Gasteiger partial charge in [-0.1, -0.05) is 12.1 Å². The van der Waals surface area contributed by atoms with Crippen LogP contribution in [-0.4, -0.2) is 53.5 Å². The molecule has 32 heavy (non-hydrogen) atoms. The maximum absolute atomic E-state index is 13.0. The SMILES string of the molecule is CCOc1ccc(/C(O)=C2\C(=O)C(=O)N(CCCOC)C2c2ccccc2[N+](=O)[O-])cc1. The number of hydrogen-bond donors (Lipinski definition) is 1. The van der Waals surface area contributed by atoms with Gasteiger partial charge in [0, 0.05) is 31.9 Å². The summed E-state index contributed by atoms with van der Waals surface area (Å²) in [6.45, 7) is 2.78. The number of Topliss-reactive ketones (excluding diaryl/α,β-unsaturated/α-hetero) is 1. The fourth-order valence-corrected chi connectivity index (χ4v) is 3.73. The second kappa shape index (κ2) is 10.1. The van der Waals surface area contributed by atoms with Gasteiger partial charge in [0.1, 0.15) is 11.5 Å². The maximum atomic E-state index is 13.0. The summed E-state index contributed by atoms with van der Waals surface area (Å²) in [6, 6.07) is 11.2. The maximum Gasteiger partial charge on any atom is 0.295 e. The zero-order chi connectivity index (χ0) is 23.3. The van der Waals surface area contributed by atoms with Crippen LogP contribution in [-0.2, 0) is 14.3 Å². The van der Waals surface area contributed by atoms with E-state index in [1.54, 1.807) is 30.3 Å². The molecule has 0 aromatic heterocycles. The van der Waals surface area contributed by atoms with Crippen molar-refractivity contribution < 1.29 is 29.1 Å². The first-order valence-electron chi connectivity index (χ1n) is 10.1. The molecule has 1 aliphatic heterocycles. The van der Waals surface area contributed by atoms with Gasteiger partial charge in [0.2, 0.25) is 0 Å². The summed E-state index contributed by atoms with van der Waals surface area (Å²) in [5.41, 5.74) is 0.0214. The molecular weight excluding hydrogens is 416 g/mol. The van der Waals surface area contributed by atoms with Crippen LogP contribution in [0.25, 0.3) is 5.76 Å². The second-order valence-electron chi connectivity index (χ2n) is 7.11. The van der Waals surface area contributed by atoms with E-state index in [-0.39, 0.29) is 23.4 Å². The van der Waals surface area contributed by atoms with Gasteiger partial charge in [-0.3, -0.25) is 19.7 Å². The Hall–Kier alpha value is -3.72. The van der Waals surface area contributed by atoms with E-state index in [1.807, 2.05) is 6.92 Å². The molecule has 2 aromatic carbocycles. The third kappa shape index (κ3) is 4.47. The highest BCUT2D eigenvalue weighted by molar-refractivity contribution is 6.46. The number of carbonyl (C=O) groups excluding carboxylic acids is 2. The molecule has 0 bridgehead atoms. The normalized spacial score (nSPS) is 17.6. The third-order valence-electron chi connectivity index (χ3n) is 5.15. The minimum absolute atomic E-state index is 0.134. The van der Waals surface area contributed by atoms with Crippen molar-refractivity contribution in [2.45, 2.75) is 19.4 Å². The topological polar surface area (TPSA) is 119 Å². The van der Waals surface area contributed by atoms with E-state index in [0.717, 1.165) is 0 Å². The number of para-hydroxylation sites is 1. The van der Waals surface area contributed by atoms with Gasteiger partial charge in [0.15, 0.2) is 0 Å². The van der Waals surface area contributed by atoms with Crippen molar-refractivity contribution in [1.82, 2.24) is 4.90 Å². The van der Waals surface area contributed by atoms with Gasteiger partial charge in [-0.2, -0.15) is 0 Å². The zero-order valence-corrected chi connectivity index (χ0v) is 17.8. The molecule has 1 saturated heterocycles. The van der Waals surface area contributed by atoms with Gasteiger partial charge >= 0.3 is 0 Å². The lowest BCUT2D eigenvalue weighted by Gasteiger charge is -2.25. The number of hydrogen-bond acceptors (Lipinski definition) is 7. The summed E-state index contributed by atoms with van der Waals surface area (Å²) in [7, 11) is 1.51. The quantitative estimate of drug-likeness (QED) is 0.158. The van der Waals surface area contributed by atoms with Crippen LogP contribution in [0.15, 0.2) is 54.1 Å². The zero-order valence-electron chi connectivity index (χ0n) is 17.8. The number of rotatable bonds is 9. The molecule has 1 atom stereocenters. The van der Waals surface area contributed by atoms with Crippen molar-refractivity contribution in [1.29, 1.82) is 0 Å². The third-order valence-corrected chi connectivity index (χ3v) is 5.15. The van der Waals surface area contributed by atoms with Gasteiger partial charge in [0.05, 0.1) is 28.7 Å². The molecule has 0 radical (unpaired) electrons. The largest absolute Gasteiger partial charge is 0.507 e. The molecule has 1 aliphatic rings. The molecule has 1 fully saturated rings. The number of benzene rings is 2. The van der Waals surface area contributed by atoms with Crippen molar-refractivity contribution in [2.24, 2.45) is 0 Å². The average molecular weight is 440 g/mol. The lowest BCUT2D eigenvalue weighted by Crippen LogP contribution is -2.31. The summed E-state index contributed by atoms with van der Waals surface area (Å²) in [5, 5.41) is 22.7. The minimum atomic E-state index is -1.10. The molecule has 9 heteroatoms. The number of nitro groups is 1. The Labute approximate surface area is 185 Å². The lowest BCUT2D eigenvalue weighted by atomic mass is 9.94. The Morgan fingerprint density at radius 2 is 1.84 bits per heavy atom. The molecule has 1 heterocycles. The first-order chi connectivity index (χ1) is 15.4. The predicted molar refractivity (Wildman–Crippen MR) is 116 cm³/mol. The highest BCUT2D eigenvalue weighted by Gasteiger charge is 2.47. The van der Waals surface area contributed by atoms with Crippen LogP contribution in [0.3, 0.4) is 0 Å². The molecule has 1 unspecified atom stereocenters. The molecule has 9 nitrogen and oxygen atoms in total. The fraction of sp³-hybridized carbons (Fsp3) is 0.304. The number of ketones is 1. The van der Waals surface area contributed by atoms with Crippen molar-refractivity contribution in [2.75, 3.05) is 26.9 Å². The highest BCUT2D eigenvalue weighted by atomic mass is 16.6. The Bertz CT molecular complexity index is 1050. The Balaban J connectivity index is 2.15. The number of nitrogens with zero attached hydrogens (tertiary/aromatic N) is 2. The van der Waals surface area contributed by atoms with E-state index in [1.165, 1.54) is 30.2 Å².